The Hall–Kier alpha value is -1.35. The van der Waals surface area contributed by atoms with Gasteiger partial charge in [0.05, 0.1) is 0 Å². The van der Waals surface area contributed by atoms with Crippen LogP contribution in [0.5, 0.6) is 0 Å². The Morgan fingerprint density at radius 3 is 2.42 bits per heavy atom. The molecule has 0 aromatic heterocycles. The minimum Gasteiger partial charge on any atom is -0.368 e. The number of nitrogens with one attached hydrogen (secondary N) is 1. The second kappa shape index (κ2) is 3.88. The topological polar surface area (TPSA) is 55.1 Å². The molecule has 3 N–H and O–H groups in total. The number of likely N-dealkylation sites (N-methyl/N-ethyl adjacent to an activating group) is 1. The normalized spacial score (nSPS) is 12.4. The molecule has 1 atom stereocenters. The number of carbonyl (C=O) groups is 1. The summed E-state index contributed by atoms with van der Waals surface area (Å²) in [4.78, 5) is 10.9. The van der Waals surface area contributed by atoms with Crippen LogP contribution in [0.2, 0.25) is 0 Å². The third kappa shape index (κ3) is 1.83. The van der Waals surface area contributed by atoms with Crippen LogP contribution in [-0.4, -0.2) is 13.0 Å². The monoisotopic (exact) mass is 164 g/mol. The van der Waals surface area contributed by atoms with Crippen LogP contribution in [-0.2, 0) is 4.79 Å². The molecule has 1 unspecified atom stereocenters. The number of benzene rings is 1. The van der Waals surface area contributed by atoms with Crippen molar-refractivity contribution in [1.29, 1.82) is 0 Å². The fraction of sp³-hybridized carbons (Fsp3) is 0.222. The summed E-state index contributed by atoms with van der Waals surface area (Å²) in [5, 5.41) is 2.84. The molecule has 0 aliphatic rings. The van der Waals surface area contributed by atoms with Crippen molar-refractivity contribution in [2.24, 2.45) is 5.73 Å². The predicted molar refractivity (Wildman–Crippen MR) is 47.4 cm³/mol. The molecule has 3 heteroatoms. The SMILES string of the molecule is CNC(C(N)=O)c1ccccc1. The first-order valence-corrected chi connectivity index (χ1v) is 3.77. The third-order valence-electron chi connectivity index (χ3n) is 1.71. The average molecular weight is 164 g/mol. The van der Waals surface area contributed by atoms with E-state index in [2.05, 4.69) is 5.32 Å². The predicted octanol–water partition coefficient (Wildman–Crippen LogP) is 0.432. The minimum absolute atomic E-state index is 0.358. The van der Waals surface area contributed by atoms with Crippen molar-refractivity contribution in [3.63, 3.8) is 0 Å². The first-order valence-electron chi connectivity index (χ1n) is 3.77. The Bertz CT molecular complexity index is 258. The number of rotatable bonds is 3. The quantitative estimate of drug-likeness (QED) is 0.680. The van der Waals surface area contributed by atoms with Crippen LogP contribution in [0.1, 0.15) is 11.6 Å². The van der Waals surface area contributed by atoms with Gasteiger partial charge in [0.2, 0.25) is 5.91 Å². The van der Waals surface area contributed by atoms with Crippen LogP contribution in [0.4, 0.5) is 0 Å². The van der Waals surface area contributed by atoms with E-state index in [4.69, 9.17) is 5.73 Å². The van der Waals surface area contributed by atoms with Gasteiger partial charge in [0.1, 0.15) is 6.04 Å². The summed E-state index contributed by atoms with van der Waals surface area (Å²) < 4.78 is 0. The lowest BCUT2D eigenvalue weighted by molar-refractivity contribution is -0.120. The van der Waals surface area contributed by atoms with Gasteiger partial charge in [-0.25, -0.2) is 0 Å². The van der Waals surface area contributed by atoms with E-state index >= 15 is 0 Å². The second-order valence-corrected chi connectivity index (χ2v) is 2.53. The summed E-state index contributed by atoms with van der Waals surface area (Å²) in [5.74, 6) is -0.358. The number of amides is 1. The molecule has 0 saturated carbocycles. The molecule has 0 spiro atoms. The van der Waals surface area contributed by atoms with Crippen molar-refractivity contribution in [1.82, 2.24) is 5.32 Å². The van der Waals surface area contributed by atoms with E-state index in [1.54, 1.807) is 7.05 Å². The zero-order valence-electron chi connectivity index (χ0n) is 6.95. The zero-order chi connectivity index (χ0) is 8.97. The highest BCUT2D eigenvalue weighted by molar-refractivity contribution is 5.81. The van der Waals surface area contributed by atoms with E-state index in [-0.39, 0.29) is 11.9 Å². The Morgan fingerprint density at radius 2 is 2.00 bits per heavy atom. The largest absolute Gasteiger partial charge is 0.368 e. The Kier molecular flexibility index (Phi) is 2.82. The van der Waals surface area contributed by atoms with Crippen LogP contribution in [0.15, 0.2) is 30.3 Å². The summed E-state index contributed by atoms with van der Waals surface area (Å²) in [5.41, 5.74) is 6.07. The molecule has 1 rings (SSSR count). The Labute approximate surface area is 71.6 Å². The molecule has 0 aliphatic carbocycles. The number of primary amides is 1. The standard InChI is InChI=1S/C9H12N2O/c1-11-8(9(10)12)7-5-3-2-4-6-7/h2-6,8,11H,1H3,(H2,10,12). The van der Waals surface area contributed by atoms with Crippen molar-refractivity contribution in [3.8, 4) is 0 Å². The third-order valence-corrected chi connectivity index (χ3v) is 1.71. The van der Waals surface area contributed by atoms with E-state index in [0.717, 1.165) is 5.56 Å². The lowest BCUT2D eigenvalue weighted by Gasteiger charge is -2.11. The Morgan fingerprint density at radius 1 is 1.42 bits per heavy atom. The van der Waals surface area contributed by atoms with E-state index in [9.17, 15) is 4.79 Å². The molecule has 0 saturated heterocycles. The number of carbonyl (C=O) groups excluding carboxylic acids is 1. The van der Waals surface area contributed by atoms with Crippen molar-refractivity contribution >= 4 is 5.91 Å². The van der Waals surface area contributed by atoms with E-state index in [1.807, 2.05) is 30.3 Å². The number of nitrogens with two attached hydrogens (primary N) is 1. The molecule has 0 bridgehead atoms. The highest BCUT2D eigenvalue weighted by atomic mass is 16.1. The van der Waals surface area contributed by atoms with E-state index in [0.29, 0.717) is 0 Å². The van der Waals surface area contributed by atoms with Gasteiger partial charge in [-0.3, -0.25) is 4.79 Å². The summed E-state index contributed by atoms with van der Waals surface area (Å²) in [6.45, 7) is 0. The lowest BCUT2D eigenvalue weighted by Crippen LogP contribution is -2.31. The zero-order valence-corrected chi connectivity index (χ0v) is 6.95. The number of hydrogen-bond donors (Lipinski definition) is 2. The van der Waals surface area contributed by atoms with Crippen LogP contribution in [0, 0.1) is 0 Å². The van der Waals surface area contributed by atoms with E-state index < -0.39 is 0 Å². The van der Waals surface area contributed by atoms with Gasteiger partial charge in [-0.2, -0.15) is 0 Å². The fourth-order valence-corrected chi connectivity index (χ4v) is 1.12. The van der Waals surface area contributed by atoms with Crippen molar-refractivity contribution < 1.29 is 4.79 Å². The molecule has 0 fully saturated rings. The van der Waals surface area contributed by atoms with Gasteiger partial charge in [-0.05, 0) is 12.6 Å². The van der Waals surface area contributed by atoms with Gasteiger partial charge in [0.25, 0.3) is 0 Å². The van der Waals surface area contributed by atoms with Gasteiger partial charge >= 0.3 is 0 Å². The maximum atomic E-state index is 10.9. The first kappa shape index (κ1) is 8.74. The molecular weight excluding hydrogens is 152 g/mol. The summed E-state index contributed by atoms with van der Waals surface area (Å²) in [7, 11) is 1.71. The molecule has 3 nitrogen and oxygen atoms in total. The molecule has 0 aliphatic heterocycles. The molecule has 0 heterocycles. The van der Waals surface area contributed by atoms with Crippen molar-refractivity contribution in [3.05, 3.63) is 35.9 Å². The lowest BCUT2D eigenvalue weighted by atomic mass is 10.1. The van der Waals surface area contributed by atoms with Gasteiger partial charge in [0.15, 0.2) is 0 Å². The van der Waals surface area contributed by atoms with Crippen molar-refractivity contribution in [2.75, 3.05) is 7.05 Å². The van der Waals surface area contributed by atoms with Crippen LogP contribution in [0.25, 0.3) is 0 Å². The van der Waals surface area contributed by atoms with E-state index in [1.165, 1.54) is 0 Å². The average Bonchev–Trinajstić information content (AvgIpc) is 2.07. The molecule has 64 valence electrons. The first-order chi connectivity index (χ1) is 5.75. The highest BCUT2D eigenvalue weighted by Crippen LogP contribution is 2.10. The number of hydrogen-bond acceptors (Lipinski definition) is 2. The molecule has 1 aromatic carbocycles. The van der Waals surface area contributed by atoms with Gasteiger partial charge in [-0.1, -0.05) is 30.3 Å². The van der Waals surface area contributed by atoms with Crippen molar-refractivity contribution in [2.45, 2.75) is 6.04 Å². The fourth-order valence-electron chi connectivity index (χ4n) is 1.12. The van der Waals surface area contributed by atoms with Crippen LogP contribution < -0.4 is 11.1 Å². The molecule has 1 aromatic rings. The van der Waals surface area contributed by atoms with Crippen LogP contribution >= 0.6 is 0 Å². The molecule has 1 amide bonds. The highest BCUT2D eigenvalue weighted by Gasteiger charge is 2.13. The second-order valence-electron chi connectivity index (χ2n) is 2.53. The summed E-state index contributed by atoms with van der Waals surface area (Å²) >= 11 is 0. The smallest absolute Gasteiger partial charge is 0.239 e. The summed E-state index contributed by atoms with van der Waals surface area (Å²) in [6, 6.07) is 9.01. The Balaban J connectivity index is 2.88. The minimum atomic E-state index is -0.383. The molecule has 0 radical (unpaired) electrons. The molecule has 12 heavy (non-hydrogen) atoms. The van der Waals surface area contributed by atoms with Gasteiger partial charge < -0.3 is 11.1 Å². The van der Waals surface area contributed by atoms with Gasteiger partial charge in [0, 0.05) is 0 Å². The maximum Gasteiger partial charge on any atom is 0.239 e. The molecular formula is C9H12N2O. The van der Waals surface area contributed by atoms with Gasteiger partial charge in [-0.15, -0.1) is 0 Å². The van der Waals surface area contributed by atoms with Crippen LogP contribution in [0.3, 0.4) is 0 Å². The summed E-state index contributed by atoms with van der Waals surface area (Å²) in [6.07, 6.45) is 0. The maximum absolute atomic E-state index is 10.9.